The molecule has 10 nitrogen and oxygen atoms in total. The van der Waals surface area contributed by atoms with Crippen LogP contribution in [0.4, 0.5) is 10.5 Å². The van der Waals surface area contributed by atoms with Crippen LogP contribution in [0, 0.1) is 0 Å². The first kappa shape index (κ1) is 21.2. The van der Waals surface area contributed by atoms with Crippen molar-refractivity contribution in [2.24, 2.45) is 0 Å². The van der Waals surface area contributed by atoms with Crippen molar-refractivity contribution < 1.29 is 33.4 Å². The number of Topliss-reactive ketones (excluding diaryl/α,β-unsaturated/α-hetero) is 1. The van der Waals surface area contributed by atoms with Crippen molar-refractivity contribution in [3.63, 3.8) is 0 Å². The van der Waals surface area contributed by atoms with Crippen LogP contribution in [-0.4, -0.2) is 79.6 Å². The van der Waals surface area contributed by atoms with Crippen molar-refractivity contribution in [3.05, 3.63) is 41.8 Å². The summed E-state index contributed by atoms with van der Waals surface area (Å²) in [4.78, 5) is 51.5. The van der Waals surface area contributed by atoms with Gasteiger partial charge < -0.3 is 29.3 Å². The lowest BCUT2D eigenvalue weighted by atomic mass is 10.2. The lowest BCUT2D eigenvalue weighted by molar-refractivity contribution is -0.150. The van der Waals surface area contributed by atoms with Gasteiger partial charge in [-0.05, 0) is 19.1 Å². The molecule has 1 saturated heterocycles. The van der Waals surface area contributed by atoms with Crippen molar-refractivity contribution >= 4 is 29.4 Å². The minimum absolute atomic E-state index is 0.00620. The summed E-state index contributed by atoms with van der Waals surface area (Å²) in [5.41, 5.74) is 0.391. The SMILES string of the molecule is CCOC(=O)N1CCN(C(=O)COC(=O)C2=C(Nc3ccccc3)OCC2=O)CC1. The molecule has 0 radical (unpaired) electrons. The van der Waals surface area contributed by atoms with Gasteiger partial charge in [0.1, 0.15) is 0 Å². The van der Waals surface area contributed by atoms with Crippen LogP contribution < -0.4 is 5.32 Å². The van der Waals surface area contributed by atoms with E-state index in [-0.39, 0.29) is 24.7 Å². The fraction of sp³-hybridized carbons (Fsp3) is 0.400. The summed E-state index contributed by atoms with van der Waals surface area (Å²) in [6.07, 6.45) is -0.416. The van der Waals surface area contributed by atoms with Gasteiger partial charge in [-0.25, -0.2) is 9.59 Å². The molecule has 0 spiro atoms. The van der Waals surface area contributed by atoms with E-state index in [2.05, 4.69) is 5.32 Å². The van der Waals surface area contributed by atoms with E-state index in [1.807, 2.05) is 6.07 Å². The molecule has 1 N–H and O–H groups in total. The predicted octanol–water partition coefficient (Wildman–Crippen LogP) is 0.753. The van der Waals surface area contributed by atoms with Crippen molar-refractivity contribution in [1.82, 2.24) is 9.80 Å². The number of carbonyl (C=O) groups is 4. The largest absolute Gasteiger partial charge is 0.470 e. The fourth-order valence-corrected chi connectivity index (χ4v) is 3.01. The Morgan fingerprint density at radius 3 is 2.37 bits per heavy atom. The second-order valence-electron chi connectivity index (χ2n) is 6.55. The van der Waals surface area contributed by atoms with E-state index in [0.717, 1.165) is 0 Å². The number of anilines is 1. The first-order valence-electron chi connectivity index (χ1n) is 9.58. The molecule has 1 aromatic carbocycles. The number of hydrogen-bond donors (Lipinski definition) is 1. The van der Waals surface area contributed by atoms with Gasteiger partial charge in [-0.3, -0.25) is 9.59 Å². The number of amides is 2. The van der Waals surface area contributed by atoms with Gasteiger partial charge in [0, 0.05) is 31.9 Å². The van der Waals surface area contributed by atoms with Crippen LogP contribution in [0.15, 0.2) is 41.8 Å². The Kier molecular flexibility index (Phi) is 6.89. The zero-order valence-electron chi connectivity index (χ0n) is 16.6. The number of ketones is 1. The van der Waals surface area contributed by atoms with E-state index in [4.69, 9.17) is 14.2 Å². The van der Waals surface area contributed by atoms with Gasteiger partial charge in [-0.15, -0.1) is 0 Å². The summed E-state index contributed by atoms with van der Waals surface area (Å²) < 4.78 is 15.2. The Morgan fingerprint density at radius 1 is 1.03 bits per heavy atom. The second kappa shape index (κ2) is 9.77. The predicted molar refractivity (Wildman–Crippen MR) is 104 cm³/mol. The quantitative estimate of drug-likeness (QED) is 0.533. The maximum absolute atomic E-state index is 12.4. The molecule has 1 fully saturated rings. The van der Waals surface area contributed by atoms with Crippen LogP contribution in [0.3, 0.4) is 0 Å². The van der Waals surface area contributed by atoms with Crippen molar-refractivity contribution in [1.29, 1.82) is 0 Å². The summed E-state index contributed by atoms with van der Waals surface area (Å²) in [6, 6.07) is 8.91. The van der Waals surface area contributed by atoms with Crippen LogP contribution >= 0.6 is 0 Å². The molecule has 0 aromatic heterocycles. The summed E-state index contributed by atoms with van der Waals surface area (Å²) >= 11 is 0. The zero-order valence-corrected chi connectivity index (χ0v) is 16.6. The maximum atomic E-state index is 12.4. The molecule has 1 aromatic rings. The topological polar surface area (TPSA) is 114 Å². The van der Waals surface area contributed by atoms with Crippen molar-refractivity contribution in [2.75, 3.05) is 51.3 Å². The van der Waals surface area contributed by atoms with Gasteiger partial charge >= 0.3 is 12.1 Å². The summed E-state index contributed by atoms with van der Waals surface area (Å²) in [7, 11) is 0. The normalized spacial score (nSPS) is 16.2. The third kappa shape index (κ3) is 5.07. The minimum atomic E-state index is -0.922. The van der Waals surface area contributed by atoms with Gasteiger partial charge in [-0.1, -0.05) is 18.2 Å². The zero-order chi connectivity index (χ0) is 21.5. The number of para-hydroxylation sites is 1. The molecule has 0 bridgehead atoms. The minimum Gasteiger partial charge on any atom is -0.470 e. The van der Waals surface area contributed by atoms with E-state index in [1.54, 1.807) is 31.2 Å². The van der Waals surface area contributed by atoms with E-state index in [1.165, 1.54) is 9.80 Å². The molecule has 2 aliphatic heterocycles. The molecule has 2 aliphatic rings. The summed E-state index contributed by atoms with van der Waals surface area (Å²) in [6.45, 7) is 2.51. The molecule has 2 heterocycles. The van der Waals surface area contributed by atoms with Crippen LogP contribution in [-0.2, 0) is 28.6 Å². The molecule has 30 heavy (non-hydrogen) atoms. The smallest absolute Gasteiger partial charge is 0.409 e. The lowest BCUT2D eigenvalue weighted by Gasteiger charge is -2.33. The van der Waals surface area contributed by atoms with E-state index < -0.39 is 30.4 Å². The first-order valence-corrected chi connectivity index (χ1v) is 9.58. The average Bonchev–Trinajstić information content (AvgIpc) is 3.12. The number of esters is 1. The number of rotatable bonds is 6. The number of piperazine rings is 1. The average molecular weight is 417 g/mol. The molecule has 160 valence electrons. The Bertz CT molecular complexity index is 845. The van der Waals surface area contributed by atoms with Crippen LogP contribution in [0.5, 0.6) is 0 Å². The van der Waals surface area contributed by atoms with Crippen molar-refractivity contribution in [3.8, 4) is 0 Å². The van der Waals surface area contributed by atoms with Gasteiger partial charge in [0.05, 0.1) is 6.61 Å². The molecule has 0 atom stereocenters. The van der Waals surface area contributed by atoms with Crippen molar-refractivity contribution in [2.45, 2.75) is 6.92 Å². The molecule has 0 aliphatic carbocycles. The highest BCUT2D eigenvalue weighted by atomic mass is 16.6. The van der Waals surface area contributed by atoms with E-state index >= 15 is 0 Å². The Balaban J connectivity index is 1.53. The molecule has 0 saturated carbocycles. The summed E-state index contributed by atoms with van der Waals surface area (Å²) in [5.74, 6) is -1.84. The molecule has 3 rings (SSSR count). The molecule has 0 unspecified atom stereocenters. The van der Waals surface area contributed by atoms with Gasteiger partial charge in [0.15, 0.2) is 18.8 Å². The molecular weight excluding hydrogens is 394 g/mol. The molecule has 2 amide bonds. The highest BCUT2D eigenvalue weighted by Crippen LogP contribution is 2.20. The van der Waals surface area contributed by atoms with Crippen LogP contribution in [0.1, 0.15) is 6.92 Å². The third-order valence-corrected chi connectivity index (χ3v) is 4.57. The van der Waals surface area contributed by atoms with Gasteiger partial charge in [-0.2, -0.15) is 0 Å². The highest BCUT2D eigenvalue weighted by Gasteiger charge is 2.33. The van der Waals surface area contributed by atoms with Gasteiger partial charge in [0.2, 0.25) is 11.7 Å². The number of nitrogens with one attached hydrogen (secondary N) is 1. The summed E-state index contributed by atoms with van der Waals surface area (Å²) in [5, 5.41) is 2.87. The fourth-order valence-electron chi connectivity index (χ4n) is 3.01. The molecular formula is C20H23N3O7. The van der Waals surface area contributed by atoms with Crippen LogP contribution in [0.25, 0.3) is 0 Å². The van der Waals surface area contributed by atoms with Crippen LogP contribution in [0.2, 0.25) is 0 Å². The monoisotopic (exact) mass is 417 g/mol. The third-order valence-electron chi connectivity index (χ3n) is 4.57. The number of benzene rings is 1. The Morgan fingerprint density at radius 2 is 1.70 bits per heavy atom. The second-order valence-corrected chi connectivity index (χ2v) is 6.55. The van der Waals surface area contributed by atoms with E-state index in [0.29, 0.717) is 31.9 Å². The first-order chi connectivity index (χ1) is 14.5. The number of nitrogens with zero attached hydrogens (tertiary/aromatic N) is 2. The Hall–Kier alpha value is -3.56. The molecule has 10 heteroatoms. The standard InChI is InChI=1S/C20H23N3O7/c1-2-28-20(27)23-10-8-22(9-11-23)16(25)13-30-19(26)17-15(24)12-29-18(17)21-14-6-4-3-5-7-14/h3-7,21H,2,8-13H2,1H3. The maximum Gasteiger partial charge on any atom is 0.409 e. The number of hydrogen-bond acceptors (Lipinski definition) is 8. The lowest BCUT2D eigenvalue weighted by Crippen LogP contribution is -2.51. The number of ether oxygens (including phenoxy) is 3. The Labute approximate surface area is 173 Å². The van der Waals surface area contributed by atoms with Gasteiger partial charge in [0.25, 0.3) is 5.91 Å². The van der Waals surface area contributed by atoms with E-state index in [9.17, 15) is 19.2 Å². The highest BCUT2D eigenvalue weighted by molar-refractivity contribution is 6.20. The number of carbonyl (C=O) groups excluding carboxylic acids is 4.